The van der Waals surface area contributed by atoms with Crippen molar-refractivity contribution in [3.05, 3.63) is 0 Å². The van der Waals surface area contributed by atoms with Crippen molar-refractivity contribution < 1.29 is 9.90 Å². The van der Waals surface area contributed by atoms with Crippen LogP contribution in [0.3, 0.4) is 0 Å². The number of rotatable bonds is 2. The van der Waals surface area contributed by atoms with Gasteiger partial charge in [0.25, 0.3) is 0 Å². The monoisotopic (exact) mass is 190 g/mol. The fourth-order valence-electron chi connectivity index (χ4n) is 1.78. The van der Waals surface area contributed by atoms with Gasteiger partial charge in [-0.3, -0.25) is 4.79 Å². The van der Waals surface area contributed by atoms with Gasteiger partial charge >= 0.3 is 5.97 Å². The first-order chi connectivity index (χ1) is 5.61. The Hall–Kier alpha value is -0.240. The molecule has 0 aromatic carbocycles. The summed E-state index contributed by atoms with van der Waals surface area (Å²) in [5.74, 6) is 0.0792. The molecule has 1 aliphatic rings. The molecule has 3 heteroatoms. The summed E-state index contributed by atoms with van der Waals surface area (Å²) in [6.45, 7) is 2.21. The van der Waals surface area contributed by atoms with Gasteiger partial charge in [-0.25, -0.2) is 0 Å². The summed E-state index contributed by atoms with van der Waals surface area (Å²) >= 11 is 5.74. The van der Waals surface area contributed by atoms with E-state index in [-0.39, 0.29) is 5.92 Å². The predicted octanol–water partition coefficient (Wildman–Crippen LogP) is 2.50. The van der Waals surface area contributed by atoms with Crippen molar-refractivity contribution in [2.24, 2.45) is 11.8 Å². The highest BCUT2D eigenvalue weighted by molar-refractivity contribution is 6.29. The van der Waals surface area contributed by atoms with Gasteiger partial charge in [-0.15, -0.1) is 11.6 Å². The predicted molar refractivity (Wildman–Crippen MR) is 48.4 cm³/mol. The molecule has 0 aliphatic heterocycles. The fraction of sp³-hybridized carbons (Fsp3) is 0.889. The van der Waals surface area contributed by atoms with Crippen LogP contribution in [-0.4, -0.2) is 16.5 Å². The number of halogens is 1. The first kappa shape index (κ1) is 9.85. The molecule has 12 heavy (non-hydrogen) atoms. The Morgan fingerprint density at radius 1 is 1.42 bits per heavy atom. The molecular formula is C9H15ClO2. The lowest BCUT2D eigenvalue weighted by Crippen LogP contribution is -2.27. The molecule has 0 aromatic rings. The van der Waals surface area contributed by atoms with Gasteiger partial charge in [-0.05, 0) is 24.7 Å². The van der Waals surface area contributed by atoms with E-state index < -0.39 is 11.3 Å². The molecule has 0 spiro atoms. The van der Waals surface area contributed by atoms with Crippen molar-refractivity contribution >= 4 is 17.6 Å². The Morgan fingerprint density at radius 3 is 2.33 bits per heavy atom. The Morgan fingerprint density at radius 2 is 1.92 bits per heavy atom. The van der Waals surface area contributed by atoms with Gasteiger partial charge in [0, 0.05) is 0 Å². The Balaban J connectivity index is 2.39. The third-order valence-corrected chi connectivity index (χ3v) is 3.25. The van der Waals surface area contributed by atoms with E-state index in [1.165, 1.54) is 0 Å². The number of hydrogen-bond donors (Lipinski definition) is 1. The van der Waals surface area contributed by atoms with Gasteiger partial charge in [0.1, 0.15) is 5.38 Å². The van der Waals surface area contributed by atoms with Crippen molar-refractivity contribution in [1.82, 2.24) is 0 Å². The van der Waals surface area contributed by atoms with Crippen molar-refractivity contribution in [2.45, 2.75) is 38.0 Å². The van der Waals surface area contributed by atoms with Gasteiger partial charge in [-0.2, -0.15) is 0 Å². The first-order valence-electron chi connectivity index (χ1n) is 4.48. The molecule has 1 fully saturated rings. The van der Waals surface area contributed by atoms with Gasteiger partial charge in [0.05, 0.1) is 0 Å². The third kappa shape index (κ3) is 2.37. The summed E-state index contributed by atoms with van der Waals surface area (Å²) in [6.07, 6.45) is 4.20. The molecule has 70 valence electrons. The minimum absolute atomic E-state index is 0.195. The van der Waals surface area contributed by atoms with E-state index in [4.69, 9.17) is 16.7 Å². The molecule has 0 radical (unpaired) electrons. The van der Waals surface area contributed by atoms with Crippen LogP contribution in [0, 0.1) is 11.8 Å². The normalized spacial score (nSPS) is 32.8. The number of carboxylic acids is 1. The molecule has 1 N–H and O–H groups in total. The molecule has 0 heterocycles. The van der Waals surface area contributed by atoms with Gasteiger partial charge in [0.15, 0.2) is 0 Å². The van der Waals surface area contributed by atoms with E-state index in [1.807, 2.05) is 0 Å². The van der Waals surface area contributed by atoms with E-state index >= 15 is 0 Å². The number of hydrogen-bond acceptors (Lipinski definition) is 1. The molecule has 1 saturated carbocycles. The summed E-state index contributed by atoms with van der Waals surface area (Å²) in [4.78, 5) is 10.5. The number of carbonyl (C=O) groups is 1. The van der Waals surface area contributed by atoms with Gasteiger partial charge in [0.2, 0.25) is 0 Å². The highest BCUT2D eigenvalue weighted by Gasteiger charge is 2.28. The minimum atomic E-state index is -0.865. The quantitative estimate of drug-likeness (QED) is 0.680. The average molecular weight is 191 g/mol. The van der Waals surface area contributed by atoms with Crippen LogP contribution in [0.15, 0.2) is 0 Å². The molecule has 0 saturated heterocycles. The maximum absolute atomic E-state index is 10.5. The van der Waals surface area contributed by atoms with Crippen LogP contribution >= 0.6 is 11.6 Å². The zero-order valence-electron chi connectivity index (χ0n) is 7.29. The van der Waals surface area contributed by atoms with Crippen molar-refractivity contribution in [1.29, 1.82) is 0 Å². The van der Waals surface area contributed by atoms with E-state index in [0.29, 0.717) is 0 Å². The van der Waals surface area contributed by atoms with Crippen LogP contribution in [0.1, 0.15) is 32.6 Å². The minimum Gasteiger partial charge on any atom is -0.480 e. The second-order valence-corrected chi connectivity index (χ2v) is 4.23. The Kier molecular flexibility index (Phi) is 3.39. The molecule has 0 aromatic heterocycles. The molecular weight excluding hydrogens is 176 g/mol. The number of carboxylic acid groups (broad SMARTS) is 1. The average Bonchev–Trinajstić information content (AvgIpc) is 2.04. The molecule has 2 nitrogen and oxygen atoms in total. The number of alkyl halides is 1. The zero-order chi connectivity index (χ0) is 9.14. The van der Waals surface area contributed by atoms with Gasteiger partial charge in [-0.1, -0.05) is 19.8 Å². The SMILES string of the molecule is CC1CCC(C(Cl)C(=O)O)CC1. The summed E-state index contributed by atoms with van der Waals surface area (Å²) in [7, 11) is 0. The van der Waals surface area contributed by atoms with Crippen LogP contribution in [0.5, 0.6) is 0 Å². The largest absolute Gasteiger partial charge is 0.480 e. The highest BCUT2D eigenvalue weighted by Crippen LogP contribution is 2.32. The lowest BCUT2D eigenvalue weighted by Gasteiger charge is -2.27. The summed E-state index contributed by atoms with van der Waals surface area (Å²) in [6, 6.07) is 0. The van der Waals surface area contributed by atoms with Crippen LogP contribution < -0.4 is 0 Å². The van der Waals surface area contributed by atoms with Gasteiger partial charge < -0.3 is 5.11 Å². The van der Waals surface area contributed by atoms with Crippen LogP contribution in [-0.2, 0) is 4.79 Å². The Bertz CT molecular complexity index is 162. The molecule has 1 rings (SSSR count). The van der Waals surface area contributed by atoms with Crippen LogP contribution in [0.25, 0.3) is 0 Å². The van der Waals surface area contributed by atoms with Crippen molar-refractivity contribution in [3.8, 4) is 0 Å². The summed E-state index contributed by atoms with van der Waals surface area (Å²) in [5.41, 5.74) is 0. The fourth-order valence-corrected chi connectivity index (χ4v) is 2.03. The van der Waals surface area contributed by atoms with Crippen LogP contribution in [0.4, 0.5) is 0 Å². The maximum Gasteiger partial charge on any atom is 0.321 e. The topological polar surface area (TPSA) is 37.3 Å². The van der Waals surface area contributed by atoms with Crippen molar-refractivity contribution in [2.75, 3.05) is 0 Å². The summed E-state index contributed by atoms with van der Waals surface area (Å²) < 4.78 is 0. The van der Waals surface area contributed by atoms with E-state index in [9.17, 15) is 4.79 Å². The second kappa shape index (κ2) is 4.13. The second-order valence-electron chi connectivity index (χ2n) is 3.76. The smallest absolute Gasteiger partial charge is 0.321 e. The third-order valence-electron chi connectivity index (χ3n) is 2.71. The summed E-state index contributed by atoms with van der Waals surface area (Å²) in [5, 5.41) is 8.00. The lowest BCUT2D eigenvalue weighted by atomic mass is 9.81. The highest BCUT2D eigenvalue weighted by atomic mass is 35.5. The van der Waals surface area contributed by atoms with Crippen LogP contribution in [0.2, 0.25) is 0 Å². The number of aliphatic carboxylic acids is 1. The molecule has 0 amide bonds. The maximum atomic E-state index is 10.5. The van der Waals surface area contributed by atoms with Crippen molar-refractivity contribution in [3.63, 3.8) is 0 Å². The molecule has 1 aliphatic carbocycles. The van der Waals surface area contributed by atoms with E-state index in [0.717, 1.165) is 31.6 Å². The molecule has 1 atom stereocenters. The first-order valence-corrected chi connectivity index (χ1v) is 4.91. The van der Waals surface area contributed by atoms with E-state index in [1.54, 1.807) is 0 Å². The van der Waals surface area contributed by atoms with E-state index in [2.05, 4.69) is 6.92 Å². The lowest BCUT2D eigenvalue weighted by molar-refractivity contribution is -0.137. The molecule has 1 unspecified atom stereocenters. The Labute approximate surface area is 77.9 Å². The molecule has 0 bridgehead atoms. The standard InChI is InChI=1S/C9H15ClO2/c1-6-2-4-7(5-3-6)8(10)9(11)12/h6-8H,2-5H2,1H3,(H,11,12). The zero-order valence-corrected chi connectivity index (χ0v) is 8.05.